The molecule has 0 aromatic carbocycles. The quantitative estimate of drug-likeness (QED) is 0.208. The van der Waals surface area contributed by atoms with Crippen LogP contribution in [-0.4, -0.2) is 16.6 Å². The number of halogens is 1. The van der Waals surface area contributed by atoms with E-state index in [4.69, 9.17) is 22.2 Å². The Bertz CT molecular complexity index is 457. The molecule has 0 aliphatic rings. The number of rotatable bonds is 2. The predicted molar refractivity (Wildman–Crippen MR) is 56.4 cm³/mol. The lowest BCUT2D eigenvalue weighted by Gasteiger charge is -1.94. The Morgan fingerprint density at radius 2 is 2.40 bits per heavy atom. The van der Waals surface area contributed by atoms with Crippen molar-refractivity contribution < 1.29 is 5.11 Å². The van der Waals surface area contributed by atoms with Crippen molar-refractivity contribution in [3.63, 3.8) is 0 Å². The topological polar surface area (TPSA) is 81.9 Å². The second kappa shape index (κ2) is 5.76. The van der Waals surface area contributed by atoms with Crippen molar-refractivity contribution in [1.29, 1.82) is 0 Å². The van der Waals surface area contributed by atoms with Crippen LogP contribution in [0.5, 0.6) is 5.75 Å². The summed E-state index contributed by atoms with van der Waals surface area (Å²) in [5.41, 5.74) is 8.47. The minimum atomic E-state index is -0.0729. The second-order valence-electron chi connectivity index (χ2n) is 2.51. The number of azide groups is 1. The van der Waals surface area contributed by atoms with E-state index in [0.717, 1.165) is 0 Å². The van der Waals surface area contributed by atoms with Crippen LogP contribution in [0.25, 0.3) is 10.4 Å². The van der Waals surface area contributed by atoms with Gasteiger partial charge >= 0.3 is 0 Å². The van der Waals surface area contributed by atoms with E-state index >= 15 is 0 Å². The molecule has 15 heavy (non-hydrogen) atoms. The third-order valence-corrected chi connectivity index (χ3v) is 1.72. The lowest BCUT2D eigenvalue weighted by atomic mass is 10.3. The van der Waals surface area contributed by atoms with Crippen LogP contribution >= 0.6 is 11.6 Å². The van der Waals surface area contributed by atoms with Crippen molar-refractivity contribution in [2.24, 2.45) is 5.11 Å². The second-order valence-corrected chi connectivity index (χ2v) is 2.87. The van der Waals surface area contributed by atoms with Gasteiger partial charge in [0, 0.05) is 17.9 Å². The highest BCUT2D eigenvalue weighted by Crippen LogP contribution is 2.19. The molecule has 1 rings (SSSR count). The Kier molecular flexibility index (Phi) is 4.30. The molecule has 0 aliphatic heterocycles. The van der Waals surface area contributed by atoms with Gasteiger partial charge in [0.15, 0.2) is 10.9 Å². The van der Waals surface area contributed by atoms with E-state index in [1.165, 1.54) is 6.07 Å². The zero-order chi connectivity index (χ0) is 11.1. The molecule has 76 valence electrons. The van der Waals surface area contributed by atoms with E-state index in [9.17, 15) is 0 Å². The molecular formula is C9H7ClN4O. The summed E-state index contributed by atoms with van der Waals surface area (Å²) in [6.45, 7) is 0.329. The van der Waals surface area contributed by atoms with Crippen LogP contribution in [0.1, 0.15) is 12.1 Å². The molecule has 1 N–H and O–H groups in total. The molecule has 0 spiro atoms. The average Bonchev–Trinajstić information content (AvgIpc) is 2.23. The van der Waals surface area contributed by atoms with Gasteiger partial charge in [0.1, 0.15) is 5.69 Å². The minimum Gasteiger partial charge on any atom is -0.505 e. The Labute approximate surface area is 91.3 Å². The van der Waals surface area contributed by atoms with Crippen molar-refractivity contribution in [3.05, 3.63) is 33.4 Å². The first-order valence-corrected chi connectivity index (χ1v) is 4.47. The fourth-order valence-corrected chi connectivity index (χ4v) is 0.954. The van der Waals surface area contributed by atoms with E-state index in [-0.39, 0.29) is 10.9 Å². The molecule has 1 aromatic rings. The minimum absolute atomic E-state index is 0.0249. The summed E-state index contributed by atoms with van der Waals surface area (Å²) in [6, 6.07) is 2.98. The predicted octanol–water partition coefficient (Wildman–Crippen LogP) is 2.49. The number of hydrogen-bond acceptors (Lipinski definition) is 3. The third kappa shape index (κ3) is 3.77. The first-order chi connectivity index (χ1) is 7.24. The molecule has 0 saturated carbocycles. The smallest absolute Gasteiger partial charge is 0.172 e. The summed E-state index contributed by atoms with van der Waals surface area (Å²) in [5.74, 6) is 5.42. The normalized spacial score (nSPS) is 8.60. The van der Waals surface area contributed by atoms with Crippen LogP contribution in [-0.2, 0) is 0 Å². The highest BCUT2D eigenvalue weighted by Gasteiger charge is 1.98. The van der Waals surface area contributed by atoms with Crippen molar-refractivity contribution in [1.82, 2.24) is 4.98 Å². The van der Waals surface area contributed by atoms with Crippen molar-refractivity contribution >= 4 is 11.6 Å². The van der Waals surface area contributed by atoms with Gasteiger partial charge in [-0.15, -0.1) is 0 Å². The van der Waals surface area contributed by atoms with Crippen LogP contribution in [0, 0.1) is 11.8 Å². The molecule has 0 saturated heterocycles. The molecule has 0 atom stereocenters. The van der Waals surface area contributed by atoms with Crippen molar-refractivity contribution in [3.8, 4) is 17.6 Å². The monoisotopic (exact) mass is 222 g/mol. The summed E-state index contributed by atoms with van der Waals surface area (Å²) in [4.78, 5) is 6.42. The summed E-state index contributed by atoms with van der Waals surface area (Å²) in [7, 11) is 0. The Morgan fingerprint density at radius 3 is 3.07 bits per heavy atom. The maximum atomic E-state index is 9.09. The summed E-state index contributed by atoms with van der Waals surface area (Å²) >= 11 is 5.58. The van der Waals surface area contributed by atoms with Crippen LogP contribution in [0.2, 0.25) is 5.15 Å². The highest BCUT2D eigenvalue weighted by atomic mass is 35.5. The molecular weight excluding hydrogens is 216 g/mol. The number of nitrogens with zero attached hydrogens (tertiary/aromatic N) is 4. The zero-order valence-corrected chi connectivity index (χ0v) is 8.44. The van der Waals surface area contributed by atoms with Gasteiger partial charge in [-0.2, -0.15) is 0 Å². The molecule has 0 amide bonds. The number of hydrogen-bond donors (Lipinski definition) is 1. The van der Waals surface area contributed by atoms with Gasteiger partial charge < -0.3 is 5.11 Å². The van der Waals surface area contributed by atoms with E-state index in [1.807, 2.05) is 0 Å². The lowest BCUT2D eigenvalue weighted by molar-refractivity contribution is 0.473. The Hall–Kier alpha value is -1.89. The lowest BCUT2D eigenvalue weighted by Crippen LogP contribution is -1.83. The van der Waals surface area contributed by atoms with Gasteiger partial charge in [0.05, 0.1) is 0 Å². The molecule has 1 heterocycles. The summed E-state index contributed by atoms with van der Waals surface area (Å²) in [6.07, 6.45) is 0.463. The summed E-state index contributed by atoms with van der Waals surface area (Å²) < 4.78 is 0. The molecule has 0 bridgehead atoms. The first-order valence-electron chi connectivity index (χ1n) is 4.09. The molecule has 1 aromatic heterocycles. The molecule has 0 radical (unpaired) electrons. The van der Waals surface area contributed by atoms with Crippen molar-refractivity contribution in [2.45, 2.75) is 6.42 Å². The average molecular weight is 223 g/mol. The SMILES string of the molecule is [N-]=[N+]=NCCC#Cc1ccc(O)c(Cl)n1. The molecule has 0 unspecified atom stereocenters. The van der Waals surface area contributed by atoms with Gasteiger partial charge in [-0.25, -0.2) is 4.98 Å². The fraction of sp³-hybridized carbons (Fsp3) is 0.222. The van der Waals surface area contributed by atoms with E-state index in [2.05, 4.69) is 26.9 Å². The maximum absolute atomic E-state index is 9.09. The van der Waals surface area contributed by atoms with Gasteiger partial charge in [0.25, 0.3) is 0 Å². The summed E-state index contributed by atoms with van der Waals surface area (Å²) in [5, 5.41) is 12.4. The molecule has 5 nitrogen and oxygen atoms in total. The zero-order valence-electron chi connectivity index (χ0n) is 7.68. The van der Waals surface area contributed by atoms with Gasteiger partial charge in [-0.05, 0) is 23.6 Å². The maximum Gasteiger partial charge on any atom is 0.172 e. The Morgan fingerprint density at radius 1 is 1.60 bits per heavy atom. The van der Waals surface area contributed by atoms with Crippen LogP contribution in [0.4, 0.5) is 0 Å². The van der Waals surface area contributed by atoms with Gasteiger partial charge in [0.2, 0.25) is 0 Å². The Balaban J connectivity index is 2.64. The van der Waals surface area contributed by atoms with Crippen molar-refractivity contribution in [2.75, 3.05) is 6.54 Å². The molecule has 6 heteroatoms. The van der Waals surface area contributed by atoms with E-state index < -0.39 is 0 Å². The number of aromatic nitrogens is 1. The van der Waals surface area contributed by atoms with Crippen LogP contribution in [0.3, 0.4) is 0 Å². The van der Waals surface area contributed by atoms with Gasteiger partial charge in [-0.3, -0.25) is 0 Å². The molecule has 0 fully saturated rings. The molecule has 0 aliphatic carbocycles. The van der Waals surface area contributed by atoms with Gasteiger partial charge in [-0.1, -0.05) is 22.6 Å². The first kappa shape index (κ1) is 11.2. The van der Waals surface area contributed by atoms with Crippen LogP contribution in [0.15, 0.2) is 17.2 Å². The van der Waals surface area contributed by atoms with E-state index in [0.29, 0.717) is 18.7 Å². The van der Waals surface area contributed by atoms with E-state index in [1.54, 1.807) is 6.07 Å². The largest absolute Gasteiger partial charge is 0.505 e. The fourth-order valence-electron chi connectivity index (χ4n) is 0.800. The number of aromatic hydroxyl groups is 1. The third-order valence-electron chi connectivity index (χ3n) is 1.45. The van der Waals surface area contributed by atoms with Crippen LogP contribution < -0.4 is 0 Å². The number of pyridine rings is 1. The highest BCUT2D eigenvalue weighted by molar-refractivity contribution is 6.30. The standard InChI is InChI=1S/C9H7ClN4O/c10-9-8(15)5-4-7(13-9)3-1-2-6-12-14-11/h4-5,15H,2,6H2.